The number of hydrogen-bond acceptors (Lipinski definition) is 7. The van der Waals surface area contributed by atoms with Crippen LogP contribution in [0.5, 0.6) is 0 Å². The molecule has 14 heteroatoms. The molecule has 0 bridgehead atoms. The van der Waals surface area contributed by atoms with E-state index in [9.17, 15) is 22.8 Å². The van der Waals surface area contributed by atoms with Crippen molar-refractivity contribution in [2.45, 2.75) is 32.1 Å². The molecule has 4 aromatic heterocycles. The van der Waals surface area contributed by atoms with E-state index < -0.39 is 23.0 Å². The molecule has 184 valence electrons. The van der Waals surface area contributed by atoms with Crippen molar-refractivity contribution in [2.75, 3.05) is 0 Å². The molecule has 1 aliphatic carbocycles. The minimum absolute atomic E-state index is 0.0785. The second-order valence-electron chi connectivity index (χ2n) is 8.62. The van der Waals surface area contributed by atoms with Crippen LogP contribution in [0.2, 0.25) is 0 Å². The summed E-state index contributed by atoms with van der Waals surface area (Å²) in [6.45, 7) is 0.505. The Labute approximate surface area is 198 Å². The highest BCUT2D eigenvalue weighted by atomic mass is 19.4. The molecule has 0 atom stereocenters. The highest BCUT2D eigenvalue weighted by molar-refractivity contribution is 5.74. The summed E-state index contributed by atoms with van der Waals surface area (Å²) in [5.41, 5.74) is -0.398. The highest BCUT2D eigenvalue weighted by Crippen LogP contribution is 2.31. The van der Waals surface area contributed by atoms with Gasteiger partial charge in [0, 0.05) is 18.3 Å². The summed E-state index contributed by atoms with van der Waals surface area (Å²) in [6, 6.07) is 4.41. The van der Waals surface area contributed by atoms with Crippen LogP contribution >= 0.6 is 0 Å². The van der Waals surface area contributed by atoms with Crippen LogP contribution in [0.1, 0.15) is 24.2 Å². The number of halogens is 3. The molecule has 36 heavy (non-hydrogen) atoms. The van der Waals surface area contributed by atoms with Crippen LogP contribution in [0.4, 0.5) is 13.2 Å². The topological polar surface area (TPSA) is 140 Å². The van der Waals surface area contributed by atoms with E-state index in [1.165, 1.54) is 27.6 Å². The number of fused-ring (bicyclic) bond motifs is 1. The van der Waals surface area contributed by atoms with Crippen LogP contribution in [0.15, 0.2) is 50.8 Å². The quantitative estimate of drug-likeness (QED) is 0.367. The average molecular weight is 498 g/mol. The summed E-state index contributed by atoms with van der Waals surface area (Å²) < 4.78 is 46.1. The summed E-state index contributed by atoms with van der Waals surface area (Å²) in [4.78, 5) is 39.2. The molecule has 6 rings (SSSR count). The molecule has 0 spiro atoms. The zero-order chi connectivity index (χ0) is 25.0. The molecule has 0 radical (unpaired) electrons. The lowest BCUT2D eigenvalue weighted by Gasteiger charge is -2.05. The maximum absolute atomic E-state index is 12.8. The second-order valence-corrected chi connectivity index (χ2v) is 8.62. The summed E-state index contributed by atoms with van der Waals surface area (Å²) in [5, 5.41) is 8.10. The van der Waals surface area contributed by atoms with Gasteiger partial charge in [0.1, 0.15) is 17.9 Å². The van der Waals surface area contributed by atoms with Crippen molar-refractivity contribution >= 4 is 11.2 Å². The zero-order valence-corrected chi connectivity index (χ0v) is 18.4. The predicted molar refractivity (Wildman–Crippen MR) is 119 cm³/mol. The number of H-pyrrole nitrogens is 2. The number of aromatic amines is 2. The number of nitrogens with one attached hydrogen (secondary N) is 2. The fourth-order valence-electron chi connectivity index (χ4n) is 3.83. The Morgan fingerprint density at radius 1 is 1.06 bits per heavy atom. The average Bonchev–Trinajstić information content (AvgIpc) is 3.21. The first-order valence-electron chi connectivity index (χ1n) is 11.0. The number of alkyl halides is 3. The lowest BCUT2D eigenvalue weighted by atomic mass is 10.1. The maximum Gasteiger partial charge on any atom is 0.416 e. The maximum atomic E-state index is 12.8. The van der Waals surface area contributed by atoms with Crippen molar-refractivity contribution in [2.24, 2.45) is 5.92 Å². The third kappa shape index (κ3) is 4.10. The largest absolute Gasteiger partial charge is 0.416 e. The van der Waals surface area contributed by atoms with E-state index in [4.69, 9.17) is 4.52 Å². The van der Waals surface area contributed by atoms with E-state index >= 15 is 0 Å². The molecule has 5 aromatic rings. The van der Waals surface area contributed by atoms with Crippen molar-refractivity contribution in [1.29, 1.82) is 0 Å². The van der Waals surface area contributed by atoms with Crippen LogP contribution in [-0.4, -0.2) is 39.4 Å². The standard InChI is InChI=1S/C22H17F3N8O3/c23-22(24,25)14-5-3-12(4-6-14)19-27-15(31-36-19)10-32-9-13(7-26-32)17-28-16-18(29-17)30-21(35)33(20(16)34)8-11-1-2-11/h3-7,9,11H,1-2,8,10H2,(H,28,29)(H,30,35). The number of rotatable bonds is 6. The molecule has 1 aromatic carbocycles. The minimum Gasteiger partial charge on any atom is -0.334 e. The third-order valence-corrected chi connectivity index (χ3v) is 5.91. The number of nitrogens with zero attached hydrogens (tertiary/aromatic N) is 6. The molecule has 1 fully saturated rings. The first kappa shape index (κ1) is 22.0. The lowest BCUT2D eigenvalue weighted by molar-refractivity contribution is -0.137. The van der Waals surface area contributed by atoms with Crippen molar-refractivity contribution in [1.82, 2.24) is 39.4 Å². The Hall–Kier alpha value is -4.49. The molecular weight excluding hydrogens is 481 g/mol. The van der Waals surface area contributed by atoms with Crippen molar-refractivity contribution in [3.05, 3.63) is 68.9 Å². The van der Waals surface area contributed by atoms with Gasteiger partial charge in [0.15, 0.2) is 11.5 Å². The third-order valence-electron chi connectivity index (χ3n) is 5.91. The Kier molecular flexibility index (Phi) is 4.91. The van der Waals surface area contributed by atoms with Crippen LogP contribution < -0.4 is 11.2 Å². The van der Waals surface area contributed by atoms with E-state index in [2.05, 4.69) is 30.2 Å². The van der Waals surface area contributed by atoms with Gasteiger partial charge in [-0.3, -0.25) is 19.0 Å². The van der Waals surface area contributed by atoms with E-state index in [0.717, 1.165) is 25.0 Å². The molecule has 0 unspecified atom stereocenters. The fraction of sp³-hybridized carbons (Fsp3) is 0.273. The van der Waals surface area contributed by atoms with Gasteiger partial charge in [0.05, 0.1) is 17.3 Å². The Bertz CT molecular complexity index is 1690. The summed E-state index contributed by atoms with van der Waals surface area (Å²) in [5.74, 6) is 1.05. The Balaban J connectivity index is 1.21. The van der Waals surface area contributed by atoms with Gasteiger partial charge in [0.25, 0.3) is 11.4 Å². The fourth-order valence-corrected chi connectivity index (χ4v) is 3.83. The molecule has 2 N–H and O–H groups in total. The van der Waals surface area contributed by atoms with Crippen molar-refractivity contribution in [3.63, 3.8) is 0 Å². The summed E-state index contributed by atoms with van der Waals surface area (Å²) in [7, 11) is 0. The monoisotopic (exact) mass is 498 g/mol. The van der Waals surface area contributed by atoms with Gasteiger partial charge in [-0.05, 0) is 43.0 Å². The summed E-state index contributed by atoms with van der Waals surface area (Å²) in [6.07, 6.45) is 0.744. The number of aromatic nitrogens is 8. The molecule has 0 saturated heterocycles. The first-order chi connectivity index (χ1) is 17.2. The first-order valence-corrected chi connectivity index (χ1v) is 11.0. The van der Waals surface area contributed by atoms with E-state index in [0.29, 0.717) is 29.4 Å². The number of benzene rings is 1. The van der Waals surface area contributed by atoms with Gasteiger partial charge < -0.3 is 9.51 Å². The zero-order valence-electron chi connectivity index (χ0n) is 18.4. The van der Waals surface area contributed by atoms with Gasteiger partial charge >= 0.3 is 11.9 Å². The van der Waals surface area contributed by atoms with Crippen LogP contribution in [-0.2, 0) is 19.3 Å². The Morgan fingerprint density at radius 2 is 1.83 bits per heavy atom. The molecule has 4 heterocycles. The molecular formula is C22H17F3N8O3. The van der Waals surface area contributed by atoms with Gasteiger partial charge in [-0.1, -0.05) is 5.16 Å². The Morgan fingerprint density at radius 3 is 2.56 bits per heavy atom. The van der Waals surface area contributed by atoms with Crippen molar-refractivity contribution < 1.29 is 17.7 Å². The molecule has 11 nitrogen and oxygen atoms in total. The molecule has 1 aliphatic rings. The van der Waals surface area contributed by atoms with E-state index in [1.54, 1.807) is 6.20 Å². The van der Waals surface area contributed by atoms with Crippen molar-refractivity contribution in [3.8, 4) is 22.8 Å². The normalized spacial score (nSPS) is 14.1. The number of imidazole rings is 1. The highest BCUT2D eigenvalue weighted by Gasteiger charge is 2.30. The van der Waals surface area contributed by atoms with E-state index in [1.807, 2.05) is 0 Å². The molecule has 0 amide bonds. The molecule has 0 aliphatic heterocycles. The smallest absolute Gasteiger partial charge is 0.334 e. The second kappa shape index (κ2) is 8.03. The minimum atomic E-state index is -4.43. The summed E-state index contributed by atoms with van der Waals surface area (Å²) >= 11 is 0. The van der Waals surface area contributed by atoms with Gasteiger partial charge in [0.2, 0.25) is 0 Å². The SMILES string of the molecule is O=c1[nH]c2nc(-c3cnn(Cc4noc(-c5ccc(C(F)(F)F)cc5)n4)c3)[nH]c2c(=O)n1CC1CC1. The van der Waals surface area contributed by atoms with Crippen LogP contribution in [0, 0.1) is 5.92 Å². The van der Waals surface area contributed by atoms with Gasteiger partial charge in [-0.25, -0.2) is 9.78 Å². The predicted octanol–water partition coefficient (Wildman–Crippen LogP) is 2.80. The molecule has 1 saturated carbocycles. The van der Waals surface area contributed by atoms with Gasteiger partial charge in [-0.15, -0.1) is 0 Å². The van der Waals surface area contributed by atoms with Gasteiger partial charge in [-0.2, -0.15) is 23.3 Å². The van der Waals surface area contributed by atoms with Crippen LogP contribution in [0.25, 0.3) is 34.0 Å². The van der Waals surface area contributed by atoms with E-state index in [-0.39, 0.29) is 29.4 Å². The lowest BCUT2D eigenvalue weighted by Crippen LogP contribution is -2.35. The number of hydrogen-bond donors (Lipinski definition) is 2. The van der Waals surface area contributed by atoms with Crippen LogP contribution in [0.3, 0.4) is 0 Å².